The number of guanidine groups is 1. The van der Waals surface area contributed by atoms with E-state index >= 15 is 0 Å². The van der Waals surface area contributed by atoms with Gasteiger partial charge in [0.2, 0.25) is 0 Å². The standard InChI is InChI=1S/C18H29N7.HI/c1-4-19-18(23-12-11-21-17-8-5-6-9-20-17)22-10-7-13-25-16(3)14-15(2)24-25;/h5-6,8-9,14H,4,7,10-13H2,1-3H3,(H,20,21)(H2,19,22,23);1H. The molecule has 3 N–H and O–H groups in total. The predicted octanol–water partition coefficient (Wildman–Crippen LogP) is 2.57. The van der Waals surface area contributed by atoms with E-state index in [2.05, 4.69) is 50.9 Å². The van der Waals surface area contributed by atoms with Crippen LogP contribution in [0, 0.1) is 13.8 Å². The van der Waals surface area contributed by atoms with Crippen LogP contribution in [0.4, 0.5) is 5.82 Å². The predicted molar refractivity (Wildman–Crippen MR) is 118 cm³/mol. The van der Waals surface area contributed by atoms with Crippen LogP contribution >= 0.6 is 24.0 Å². The fourth-order valence-electron chi connectivity index (χ4n) is 2.49. The van der Waals surface area contributed by atoms with E-state index in [1.165, 1.54) is 5.69 Å². The van der Waals surface area contributed by atoms with Crippen molar-refractivity contribution in [3.05, 3.63) is 41.9 Å². The lowest BCUT2D eigenvalue weighted by atomic mass is 10.4. The van der Waals surface area contributed by atoms with Crippen LogP contribution in [-0.4, -0.2) is 46.9 Å². The Kier molecular flexibility index (Phi) is 10.7. The second kappa shape index (κ2) is 12.5. The number of pyridine rings is 1. The molecular weight excluding hydrogens is 441 g/mol. The SMILES string of the molecule is CCNC(=NCCCn1nc(C)cc1C)NCCNc1ccccn1.I. The Morgan fingerprint density at radius 2 is 2.04 bits per heavy atom. The highest BCUT2D eigenvalue weighted by Gasteiger charge is 2.01. The summed E-state index contributed by atoms with van der Waals surface area (Å²) < 4.78 is 2.04. The molecular formula is C18H30IN7. The van der Waals surface area contributed by atoms with Crippen molar-refractivity contribution in [2.75, 3.05) is 31.5 Å². The molecule has 0 aliphatic carbocycles. The zero-order chi connectivity index (χ0) is 17.9. The molecule has 2 aromatic rings. The molecule has 0 amide bonds. The minimum atomic E-state index is 0. The molecule has 0 aliphatic rings. The molecule has 0 saturated carbocycles. The molecule has 8 heteroatoms. The summed E-state index contributed by atoms with van der Waals surface area (Å²) in [6, 6.07) is 7.93. The van der Waals surface area contributed by atoms with Crippen molar-refractivity contribution in [3.8, 4) is 0 Å². The van der Waals surface area contributed by atoms with Crippen LogP contribution in [0.25, 0.3) is 0 Å². The molecule has 0 unspecified atom stereocenters. The molecule has 144 valence electrons. The van der Waals surface area contributed by atoms with Gasteiger partial charge < -0.3 is 16.0 Å². The zero-order valence-electron chi connectivity index (χ0n) is 15.8. The number of hydrogen-bond donors (Lipinski definition) is 3. The molecule has 2 rings (SSSR count). The van der Waals surface area contributed by atoms with Gasteiger partial charge >= 0.3 is 0 Å². The van der Waals surface area contributed by atoms with Crippen LogP contribution in [0.15, 0.2) is 35.5 Å². The Morgan fingerprint density at radius 3 is 2.69 bits per heavy atom. The summed E-state index contributed by atoms with van der Waals surface area (Å²) in [7, 11) is 0. The van der Waals surface area contributed by atoms with E-state index in [1.807, 2.05) is 29.8 Å². The quantitative estimate of drug-likeness (QED) is 0.227. The number of nitrogens with one attached hydrogen (secondary N) is 3. The fraction of sp³-hybridized carbons (Fsp3) is 0.500. The Labute approximate surface area is 173 Å². The average Bonchev–Trinajstić information content (AvgIpc) is 2.93. The van der Waals surface area contributed by atoms with Crippen molar-refractivity contribution < 1.29 is 0 Å². The van der Waals surface area contributed by atoms with E-state index in [1.54, 1.807) is 6.20 Å². The van der Waals surface area contributed by atoms with Gasteiger partial charge in [0.25, 0.3) is 0 Å². The second-order valence-electron chi connectivity index (χ2n) is 5.83. The summed E-state index contributed by atoms with van der Waals surface area (Å²) in [6.07, 6.45) is 2.74. The molecule has 2 heterocycles. The highest BCUT2D eigenvalue weighted by atomic mass is 127. The third-order valence-corrected chi connectivity index (χ3v) is 3.63. The van der Waals surface area contributed by atoms with Crippen molar-refractivity contribution in [1.29, 1.82) is 0 Å². The first-order valence-electron chi connectivity index (χ1n) is 8.87. The summed E-state index contributed by atoms with van der Waals surface area (Å²) in [5.41, 5.74) is 2.27. The molecule has 2 aromatic heterocycles. The van der Waals surface area contributed by atoms with Gasteiger partial charge in [0.1, 0.15) is 5.82 Å². The van der Waals surface area contributed by atoms with Gasteiger partial charge in [0.15, 0.2) is 5.96 Å². The summed E-state index contributed by atoms with van der Waals surface area (Å²) in [5, 5.41) is 14.3. The highest BCUT2D eigenvalue weighted by Crippen LogP contribution is 2.02. The molecule has 0 aromatic carbocycles. The third-order valence-electron chi connectivity index (χ3n) is 3.63. The molecule has 0 atom stereocenters. The van der Waals surface area contributed by atoms with Crippen LogP contribution in [0.5, 0.6) is 0 Å². The first kappa shape index (κ1) is 22.2. The lowest BCUT2D eigenvalue weighted by Gasteiger charge is -2.12. The Balaban J connectivity index is 0.00000338. The number of halogens is 1. The number of aromatic nitrogens is 3. The van der Waals surface area contributed by atoms with Crippen molar-refractivity contribution in [1.82, 2.24) is 25.4 Å². The van der Waals surface area contributed by atoms with Crippen LogP contribution < -0.4 is 16.0 Å². The Hall–Kier alpha value is -1.84. The summed E-state index contributed by atoms with van der Waals surface area (Å²) in [5.74, 6) is 1.73. The summed E-state index contributed by atoms with van der Waals surface area (Å²) >= 11 is 0. The number of rotatable bonds is 9. The van der Waals surface area contributed by atoms with Crippen molar-refractivity contribution in [3.63, 3.8) is 0 Å². The number of nitrogens with zero attached hydrogens (tertiary/aromatic N) is 4. The molecule has 0 spiro atoms. The molecule has 26 heavy (non-hydrogen) atoms. The summed E-state index contributed by atoms with van der Waals surface area (Å²) in [4.78, 5) is 8.86. The number of anilines is 1. The maximum atomic E-state index is 4.62. The lowest BCUT2D eigenvalue weighted by molar-refractivity contribution is 0.567. The van der Waals surface area contributed by atoms with Crippen LogP contribution in [0.1, 0.15) is 24.7 Å². The first-order chi connectivity index (χ1) is 12.2. The van der Waals surface area contributed by atoms with E-state index in [0.717, 1.165) is 56.6 Å². The van der Waals surface area contributed by atoms with Crippen LogP contribution in [0.2, 0.25) is 0 Å². The lowest BCUT2D eigenvalue weighted by Crippen LogP contribution is -2.39. The molecule has 0 aliphatic heterocycles. The van der Waals surface area contributed by atoms with Gasteiger partial charge in [-0.05, 0) is 45.4 Å². The topological polar surface area (TPSA) is 79.2 Å². The summed E-state index contributed by atoms with van der Waals surface area (Å²) in [6.45, 7) is 10.2. The third kappa shape index (κ3) is 8.03. The molecule has 0 saturated heterocycles. The van der Waals surface area contributed by atoms with Gasteiger partial charge in [-0.15, -0.1) is 24.0 Å². The molecule has 0 bridgehead atoms. The number of hydrogen-bond acceptors (Lipinski definition) is 4. The second-order valence-corrected chi connectivity index (χ2v) is 5.83. The van der Waals surface area contributed by atoms with E-state index in [-0.39, 0.29) is 24.0 Å². The van der Waals surface area contributed by atoms with Gasteiger partial charge in [0, 0.05) is 44.6 Å². The fourth-order valence-corrected chi connectivity index (χ4v) is 2.49. The monoisotopic (exact) mass is 471 g/mol. The van der Waals surface area contributed by atoms with Crippen molar-refractivity contribution in [2.45, 2.75) is 33.7 Å². The van der Waals surface area contributed by atoms with Gasteiger partial charge in [-0.25, -0.2) is 4.98 Å². The Morgan fingerprint density at radius 1 is 1.19 bits per heavy atom. The smallest absolute Gasteiger partial charge is 0.191 e. The van der Waals surface area contributed by atoms with E-state index in [0.29, 0.717) is 0 Å². The molecule has 0 radical (unpaired) electrons. The van der Waals surface area contributed by atoms with E-state index < -0.39 is 0 Å². The van der Waals surface area contributed by atoms with Crippen LogP contribution in [-0.2, 0) is 6.54 Å². The first-order valence-corrected chi connectivity index (χ1v) is 8.87. The normalized spacial score (nSPS) is 11.0. The minimum absolute atomic E-state index is 0. The zero-order valence-corrected chi connectivity index (χ0v) is 18.2. The Bertz CT molecular complexity index is 655. The van der Waals surface area contributed by atoms with Crippen LogP contribution in [0.3, 0.4) is 0 Å². The number of aryl methyl sites for hydroxylation is 3. The van der Waals surface area contributed by atoms with E-state index in [9.17, 15) is 0 Å². The van der Waals surface area contributed by atoms with Crippen molar-refractivity contribution in [2.24, 2.45) is 4.99 Å². The largest absolute Gasteiger partial charge is 0.368 e. The highest BCUT2D eigenvalue weighted by molar-refractivity contribution is 14.0. The maximum Gasteiger partial charge on any atom is 0.191 e. The van der Waals surface area contributed by atoms with Gasteiger partial charge in [-0.2, -0.15) is 5.10 Å². The van der Waals surface area contributed by atoms with E-state index in [4.69, 9.17) is 0 Å². The van der Waals surface area contributed by atoms with Gasteiger partial charge in [-0.3, -0.25) is 9.67 Å². The molecule has 0 fully saturated rings. The maximum absolute atomic E-state index is 4.62. The molecule has 7 nitrogen and oxygen atoms in total. The van der Waals surface area contributed by atoms with Gasteiger partial charge in [0.05, 0.1) is 5.69 Å². The average molecular weight is 471 g/mol. The van der Waals surface area contributed by atoms with Crippen molar-refractivity contribution >= 4 is 35.8 Å². The number of aliphatic imine (C=N–C) groups is 1. The van der Waals surface area contributed by atoms with Gasteiger partial charge in [-0.1, -0.05) is 6.07 Å². The minimum Gasteiger partial charge on any atom is -0.368 e.